The Morgan fingerprint density at radius 3 is 2.30 bits per heavy atom. The number of amides is 1. The summed E-state index contributed by atoms with van der Waals surface area (Å²) in [7, 11) is 0. The third-order valence-electron chi connectivity index (χ3n) is 4.42. The normalized spacial score (nSPS) is 35.2. The molecular formula is C14H21Cl2NO3. The lowest BCUT2D eigenvalue weighted by Crippen LogP contribution is -2.40. The minimum absolute atomic E-state index is 0.203. The smallest absolute Gasteiger partial charge is 0.315 e. The molecule has 0 aromatic carbocycles. The van der Waals surface area contributed by atoms with Gasteiger partial charge >= 0.3 is 5.97 Å². The SMILES string of the molecule is CC1CCC(NC(=O)COC(=O)C2(C)CC2(Cl)Cl)CC1. The average molecular weight is 322 g/mol. The van der Waals surface area contributed by atoms with Gasteiger partial charge in [-0.1, -0.05) is 6.92 Å². The van der Waals surface area contributed by atoms with Crippen LogP contribution in [0.5, 0.6) is 0 Å². The Kier molecular flexibility index (Phi) is 4.55. The second kappa shape index (κ2) is 5.72. The van der Waals surface area contributed by atoms with E-state index in [1.54, 1.807) is 6.92 Å². The fourth-order valence-electron chi connectivity index (χ4n) is 2.59. The molecule has 114 valence electrons. The minimum Gasteiger partial charge on any atom is -0.455 e. The maximum absolute atomic E-state index is 11.8. The summed E-state index contributed by atoms with van der Waals surface area (Å²) >= 11 is 11.8. The van der Waals surface area contributed by atoms with Gasteiger partial charge in [0.15, 0.2) is 6.61 Å². The van der Waals surface area contributed by atoms with Crippen LogP contribution in [0, 0.1) is 11.3 Å². The predicted molar refractivity (Wildman–Crippen MR) is 77.7 cm³/mol. The molecule has 2 fully saturated rings. The van der Waals surface area contributed by atoms with E-state index in [1.807, 2.05) is 0 Å². The molecule has 0 aliphatic heterocycles. The summed E-state index contributed by atoms with van der Waals surface area (Å²) in [6, 6.07) is 0.203. The molecule has 1 atom stereocenters. The summed E-state index contributed by atoms with van der Waals surface area (Å²) in [5.41, 5.74) is -0.878. The van der Waals surface area contributed by atoms with Crippen molar-refractivity contribution >= 4 is 35.1 Å². The second-order valence-electron chi connectivity index (χ2n) is 6.31. The lowest BCUT2D eigenvalue weighted by atomic mass is 9.87. The Labute approximate surface area is 129 Å². The molecule has 6 heteroatoms. The lowest BCUT2D eigenvalue weighted by molar-refractivity contribution is -0.153. The zero-order valence-corrected chi connectivity index (χ0v) is 13.4. The van der Waals surface area contributed by atoms with E-state index < -0.39 is 15.7 Å². The fraction of sp³-hybridized carbons (Fsp3) is 0.857. The van der Waals surface area contributed by atoms with Gasteiger partial charge in [0.1, 0.15) is 9.75 Å². The van der Waals surface area contributed by atoms with Gasteiger partial charge in [0.05, 0.1) is 0 Å². The summed E-state index contributed by atoms with van der Waals surface area (Å²) in [5, 5.41) is 2.91. The van der Waals surface area contributed by atoms with Gasteiger partial charge in [-0.3, -0.25) is 9.59 Å². The summed E-state index contributed by atoms with van der Waals surface area (Å²) in [6.45, 7) is 3.61. The number of hydrogen-bond donors (Lipinski definition) is 1. The number of esters is 1. The van der Waals surface area contributed by atoms with Crippen LogP contribution in [0.1, 0.15) is 46.0 Å². The van der Waals surface area contributed by atoms with Crippen LogP contribution in [0.2, 0.25) is 0 Å². The molecule has 0 spiro atoms. The number of alkyl halides is 2. The van der Waals surface area contributed by atoms with Crippen LogP contribution in [0.25, 0.3) is 0 Å². The van der Waals surface area contributed by atoms with Crippen LogP contribution in [0.15, 0.2) is 0 Å². The highest BCUT2D eigenvalue weighted by atomic mass is 35.5. The van der Waals surface area contributed by atoms with E-state index in [0.29, 0.717) is 6.42 Å². The van der Waals surface area contributed by atoms with Gasteiger partial charge in [-0.2, -0.15) is 0 Å². The number of rotatable bonds is 4. The Balaban J connectivity index is 1.69. The zero-order chi connectivity index (χ0) is 15.0. The summed E-state index contributed by atoms with van der Waals surface area (Å²) < 4.78 is 3.95. The minimum atomic E-state index is -1.06. The van der Waals surface area contributed by atoms with Crippen molar-refractivity contribution in [2.24, 2.45) is 11.3 Å². The molecule has 2 saturated carbocycles. The molecule has 20 heavy (non-hydrogen) atoms. The molecule has 4 nitrogen and oxygen atoms in total. The second-order valence-corrected chi connectivity index (χ2v) is 7.80. The van der Waals surface area contributed by atoms with Crippen molar-refractivity contribution in [1.82, 2.24) is 5.32 Å². The van der Waals surface area contributed by atoms with Crippen molar-refractivity contribution in [2.75, 3.05) is 6.61 Å². The molecule has 2 rings (SSSR count). The lowest BCUT2D eigenvalue weighted by Gasteiger charge is -2.26. The summed E-state index contributed by atoms with van der Waals surface area (Å²) in [4.78, 5) is 23.6. The predicted octanol–water partition coefficient (Wildman–Crippen LogP) is 2.81. The number of carbonyl (C=O) groups is 2. The topological polar surface area (TPSA) is 55.4 Å². The molecule has 0 radical (unpaired) electrons. The Hall–Kier alpha value is -0.480. The third-order valence-corrected chi connectivity index (χ3v) is 5.53. The summed E-state index contributed by atoms with van der Waals surface area (Å²) in [6.07, 6.45) is 4.60. The van der Waals surface area contributed by atoms with Gasteiger partial charge in [-0.15, -0.1) is 23.2 Å². The largest absolute Gasteiger partial charge is 0.455 e. The average Bonchev–Trinajstić information content (AvgIpc) is 2.90. The first-order chi connectivity index (χ1) is 9.24. The van der Waals surface area contributed by atoms with Crippen molar-refractivity contribution in [1.29, 1.82) is 0 Å². The van der Waals surface area contributed by atoms with Gasteiger partial charge in [0, 0.05) is 12.5 Å². The maximum atomic E-state index is 11.8. The van der Waals surface area contributed by atoms with Gasteiger partial charge < -0.3 is 10.1 Å². The monoisotopic (exact) mass is 321 g/mol. The number of halogens is 2. The highest BCUT2D eigenvalue weighted by Gasteiger charge is 2.69. The number of carbonyl (C=O) groups excluding carboxylic acids is 2. The van der Waals surface area contributed by atoms with Crippen molar-refractivity contribution in [3.63, 3.8) is 0 Å². The molecule has 0 aromatic heterocycles. The number of hydrogen-bond acceptors (Lipinski definition) is 3. The van der Waals surface area contributed by atoms with Crippen molar-refractivity contribution in [2.45, 2.75) is 56.3 Å². The van der Waals surface area contributed by atoms with Gasteiger partial charge in [-0.05, 0) is 38.5 Å². The Morgan fingerprint density at radius 2 is 1.80 bits per heavy atom. The van der Waals surface area contributed by atoms with E-state index in [1.165, 1.54) is 0 Å². The molecule has 1 N–H and O–H groups in total. The van der Waals surface area contributed by atoms with Crippen LogP contribution < -0.4 is 5.32 Å². The highest BCUT2D eigenvalue weighted by molar-refractivity contribution is 6.53. The van der Waals surface area contributed by atoms with Crippen molar-refractivity contribution < 1.29 is 14.3 Å². The Bertz CT molecular complexity index is 405. The van der Waals surface area contributed by atoms with E-state index in [-0.39, 0.29) is 18.6 Å². The number of ether oxygens (including phenoxy) is 1. The quantitative estimate of drug-likeness (QED) is 0.640. The van der Waals surface area contributed by atoms with Crippen LogP contribution in [0.3, 0.4) is 0 Å². The van der Waals surface area contributed by atoms with Gasteiger partial charge in [0.2, 0.25) is 0 Å². The standard InChI is InChI=1S/C14H21Cl2NO3/c1-9-3-5-10(6-4-9)17-11(18)7-20-12(19)13(2)8-14(13,15)16/h9-10H,3-8H2,1-2H3,(H,17,18). The molecular weight excluding hydrogens is 301 g/mol. The van der Waals surface area contributed by atoms with E-state index >= 15 is 0 Å². The molecule has 0 saturated heterocycles. The van der Waals surface area contributed by atoms with Crippen LogP contribution in [-0.2, 0) is 14.3 Å². The maximum Gasteiger partial charge on any atom is 0.315 e. The zero-order valence-electron chi connectivity index (χ0n) is 11.9. The van der Waals surface area contributed by atoms with Crippen molar-refractivity contribution in [3.8, 4) is 0 Å². The Morgan fingerprint density at radius 1 is 1.25 bits per heavy atom. The van der Waals surface area contributed by atoms with E-state index in [9.17, 15) is 9.59 Å². The first-order valence-electron chi connectivity index (χ1n) is 7.09. The van der Waals surface area contributed by atoms with Crippen molar-refractivity contribution in [3.05, 3.63) is 0 Å². The third kappa shape index (κ3) is 3.40. The molecule has 2 aliphatic carbocycles. The van der Waals surface area contributed by atoms with E-state index in [0.717, 1.165) is 31.6 Å². The molecule has 0 heterocycles. The molecule has 0 bridgehead atoms. The van der Waals surface area contributed by atoms with Gasteiger partial charge in [-0.25, -0.2) is 0 Å². The van der Waals surface area contributed by atoms with E-state index in [4.69, 9.17) is 27.9 Å². The van der Waals surface area contributed by atoms with Crippen LogP contribution in [-0.4, -0.2) is 28.9 Å². The first-order valence-corrected chi connectivity index (χ1v) is 7.84. The number of nitrogens with one attached hydrogen (secondary N) is 1. The van der Waals surface area contributed by atoms with Gasteiger partial charge in [0.25, 0.3) is 5.91 Å². The summed E-state index contributed by atoms with van der Waals surface area (Å²) in [5.74, 6) is -0.0248. The first kappa shape index (κ1) is 15.9. The van der Waals surface area contributed by atoms with Crippen LogP contribution in [0.4, 0.5) is 0 Å². The highest BCUT2D eigenvalue weighted by Crippen LogP contribution is 2.64. The molecule has 1 amide bonds. The fourth-order valence-corrected chi connectivity index (χ4v) is 3.27. The van der Waals surface area contributed by atoms with Crippen LogP contribution >= 0.6 is 23.2 Å². The van der Waals surface area contributed by atoms with E-state index in [2.05, 4.69) is 12.2 Å². The molecule has 0 aromatic rings. The molecule has 1 unspecified atom stereocenters. The molecule has 2 aliphatic rings.